The quantitative estimate of drug-likeness (QED) is 0.943. The molecule has 2 aromatic rings. The van der Waals surface area contributed by atoms with Gasteiger partial charge in [0.05, 0.1) is 12.3 Å². The summed E-state index contributed by atoms with van der Waals surface area (Å²) in [4.78, 5) is 4.45. The Morgan fingerprint density at radius 2 is 1.89 bits per heavy atom. The fourth-order valence-electron chi connectivity index (χ4n) is 1.95. The Morgan fingerprint density at radius 1 is 1.28 bits per heavy atom. The lowest BCUT2D eigenvalue weighted by Crippen LogP contribution is -1.98. The number of nitrogens with zero attached hydrogens (tertiary/aromatic N) is 2. The van der Waals surface area contributed by atoms with Crippen LogP contribution in [0.25, 0.3) is 11.4 Å². The minimum absolute atomic E-state index is 0.0197. The van der Waals surface area contributed by atoms with Crippen LogP contribution in [0.1, 0.15) is 31.0 Å². The van der Waals surface area contributed by atoms with Crippen LogP contribution in [0.15, 0.2) is 28.9 Å². The minimum atomic E-state index is -0.0197. The van der Waals surface area contributed by atoms with Gasteiger partial charge in [-0.1, -0.05) is 38.1 Å². The third-order valence-electron chi connectivity index (χ3n) is 3.15. The molecule has 0 amide bonds. The number of aliphatic hydroxyl groups excluding tert-OH is 1. The number of halogens is 1. The Balaban J connectivity index is 2.43. The molecule has 0 aliphatic heterocycles. The first kappa shape index (κ1) is 13.3. The average Bonchev–Trinajstić information content (AvgIpc) is 2.64. The number of aromatic nitrogens is 2. The lowest BCUT2D eigenvalue weighted by molar-refractivity contribution is 0.272. The smallest absolute Gasteiger partial charge is 0.141 e. The Hall–Kier alpha value is -1.13. The van der Waals surface area contributed by atoms with Gasteiger partial charge in [0.15, 0.2) is 0 Å². The summed E-state index contributed by atoms with van der Waals surface area (Å²) >= 11 is 3.37. The molecule has 0 spiro atoms. The van der Waals surface area contributed by atoms with Crippen LogP contribution in [0.3, 0.4) is 0 Å². The normalized spacial score (nSPS) is 11.2. The van der Waals surface area contributed by atoms with E-state index in [0.717, 1.165) is 17.1 Å². The second-order valence-electron chi connectivity index (χ2n) is 4.67. The summed E-state index contributed by atoms with van der Waals surface area (Å²) in [5, 5.41) is 9.29. The van der Waals surface area contributed by atoms with Gasteiger partial charge >= 0.3 is 0 Å². The second-order valence-corrected chi connectivity index (χ2v) is 5.42. The molecule has 0 atom stereocenters. The third-order valence-corrected chi connectivity index (χ3v) is 3.79. The van der Waals surface area contributed by atoms with E-state index in [1.54, 1.807) is 0 Å². The van der Waals surface area contributed by atoms with Crippen LogP contribution in [0.2, 0.25) is 0 Å². The van der Waals surface area contributed by atoms with Crippen molar-refractivity contribution in [2.75, 3.05) is 0 Å². The van der Waals surface area contributed by atoms with Gasteiger partial charge in [0.25, 0.3) is 0 Å². The first-order valence-corrected chi connectivity index (χ1v) is 6.76. The molecular weight excluding hydrogens is 292 g/mol. The highest BCUT2D eigenvalue weighted by atomic mass is 79.9. The number of imidazole rings is 1. The van der Waals surface area contributed by atoms with Gasteiger partial charge in [0.1, 0.15) is 10.4 Å². The third kappa shape index (κ3) is 2.35. The van der Waals surface area contributed by atoms with Gasteiger partial charge in [-0.2, -0.15) is 0 Å². The molecule has 18 heavy (non-hydrogen) atoms. The Bertz CT molecular complexity index is 544. The molecule has 2 rings (SSSR count). The maximum atomic E-state index is 9.29. The van der Waals surface area contributed by atoms with E-state index in [1.165, 1.54) is 5.56 Å². The van der Waals surface area contributed by atoms with Crippen molar-refractivity contribution < 1.29 is 5.11 Å². The number of benzene rings is 1. The zero-order valence-corrected chi connectivity index (χ0v) is 12.4. The van der Waals surface area contributed by atoms with Crippen LogP contribution in [0, 0.1) is 0 Å². The average molecular weight is 309 g/mol. The van der Waals surface area contributed by atoms with Gasteiger partial charge in [-0.05, 0) is 27.4 Å². The summed E-state index contributed by atoms with van der Waals surface area (Å²) in [6, 6.07) is 8.40. The van der Waals surface area contributed by atoms with Crippen molar-refractivity contribution in [3.63, 3.8) is 0 Å². The number of hydrogen-bond acceptors (Lipinski definition) is 2. The molecule has 0 saturated heterocycles. The van der Waals surface area contributed by atoms with Crippen LogP contribution in [0.4, 0.5) is 0 Å². The summed E-state index contributed by atoms with van der Waals surface area (Å²) in [6.45, 7) is 4.33. The predicted octanol–water partition coefficient (Wildman–Crippen LogP) is 3.47. The van der Waals surface area contributed by atoms with E-state index < -0.39 is 0 Å². The highest BCUT2D eigenvalue weighted by Gasteiger charge is 2.13. The van der Waals surface area contributed by atoms with Crippen LogP contribution in [0.5, 0.6) is 0 Å². The Morgan fingerprint density at radius 3 is 2.33 bits per heavy atom. The van der Waals surface area contributed by atoms with E-state index in [-0.39, 0.29) is 6.61 Å². The van der Waals surface area contributed by atoms with Gasteiger partial charge in [0.2, 0.25) is 0 Å². The van der Waals surface area contributed by atoms with E-state index >= 15 is 0 Å². The van der Waals surface area contributed by atoms with E-state index in [1.807, 2.05) is 11.6 Å². The Kier molecular flexibility index (Phi) is 3.88. The molecule has 0 aliphatic rings. The molecule has 1 aromatic heterocycles. The van der Waals surface area contributed by atoms with Crippen molar-refractivity contribution in [3.05, 3.63) is 40.1 Å². The molecule has 3 nitrogen and oxygen atoms in total. The number of aliphatic hydroxyl groups is 1. The first-order valence-electron chi connectivity index (χ1n) is 5.97. The van der Waals surface area contributed by atoms with Crippen molar-refractivity contribution >= 4 is 15.9 Å². The van der Waals surface area contributed by atoms with Crippen molar-refractivity contribution in [3.8, 4) is 11.4 Å². The van der Waals surface area contributed by atoms with Gasteiger partial charge in [-0.15, -0.1) is 0 Å². The largest absolute Gasteiger partial charge is 0.390 e. The lowest BCUT2D eigenvalue weighted by Gasteiger charge is -2.07. The van der Waals surface area contributed by atoms with Crippen LogP contribution >= 0.6 is 15.9 Å². The van der Waals surface area contributed by atoms with Crippen LogP contribution in [-0.2, 0) is 13.7 Å². The van der Waals surface area contributed by atoms with E-state index in [9.17, 15) is 5.11 Å². The van der Waals surface area contributed by atoms with Crippen molar-refractivity contribution in [1.29, 1.82) is 0 Å². The molecule has 0 unspecified atom stereocenters. The maximum Gasteiger partial charge on any atom is 0.141 e. The van der Waals surface area contributed by atoms with Gasteiger partial charge < -0.3 is 9.67 Å². The molecule has 1 aromatic carbocycles. The molecular formula is C14H17BrN2O. The Labute approximate surface area is 116 Å². The van der Waals surface area contributed by atoms with Crippen LogP contribution in [-0.4, -0.2) is 14.7 Å². The van der Waals surface area contributed by atoms with Gasteiger partial charge in [-0.25, -0.2) is 4.98 Å². The van der Waals surface area contributed by atoms with Crippen LogP contribution < -0.4 is 0 Å². The van der Waals surface area contributed by atoms with Crippen molar-refractivity contribution in [1.82, 2.24) is 9.55 Å². The lowest BCUT2D eigenvalue weighted by atomic mass is 10.0. The maximum absolute atomic E-state index is 9.29. The summed E-state index contributed by atoms with van der Waals surface area (Å²) in [6.07, 6.45) is 0. The van der Waals surface area contributed by atoms with Crippen molar-refractivity contribution in [2.24, 2.45) is 7.05 Å². The standard InChI is InChI=1S/C14H17BrN2O/c1-9(2)10-4-6-11(7-5-10)14-16-13(15)12(8-18)17(14)3/h4-7,9,18H,8H2,1-3H3. The highest BCUT2D eigenvalue weighted by Crippen LogP contribution is 2.26. The first-order chi connectivity index (χ1) is 8.54. The monoisotopic (exact) mass is 308 g/mol. The summed E-state index contributed by atoms with van der Waals surface area (Å²) in [5.74, 6) is 1.39. The fourth-order valence-corrected chi connectivity index (χ4v) is 2.50. The molecule has 0 fully saturated rings. The van der Waals surface area contributed by atoms with E-state index in [2.05, 4.69) is 59.0 Å². The minimum Gasteiger partial charge on any atom is -0.390 e. The molecule has 0 saturated carbocycles. The summed E-state index contributed by atoms with van der Waals surface area (Å²) < 4.78 is 2.62. The second kappa shape index (κ2) is 5.24. The molecule has 1 N–H and O–H groups in total. The highest BCUT2D eigenvalue weighted by molar-refractivity contribution is 9.10. The number of rotatable bonds is 3. The fraction of sp³-hybridized carbons (Fsp3) is 0.357. The molecule has 0 aliphatic carbocycles. The van der Waals surface area contributed by atoms with Crippen molar-refractivity contribution in [2.45, 2.75) is 26.4 Å². The van der Waals surface area contributed by atoms with E-state index in [0.29, 0.717) is 10.5 Å². The molecule has 96 valence electrons. The zero-order chi connectivity index (χ0) is 13.3. The SMILES string of the molecule is CC(C)c1ccc(-c2nc(Br)c(CO)n2C)cc1. The number of hydrogen-bond donors (Lipinski definition) is 1. The molecule has 0 bridgehead atoms. The molecule has 4 heteroatoms. The molecule has 1 heterocycles. The van der Waals surface area contributed by atoms with Gasteiger partial charge in [0, 0.05) is 12.6 Å². The summed E-state index contributed by atoms with van der Waals surface area (Å²) in [7, 11) is 1.91. The molecule has 0 radical (unpaired) electrons. The summed E-state index contributed by atoms with van der Waals surface area (Å²) in [5.41, 5.74) is 3.16. The predicted molar refractivity (Wildman–Crippen MR) is 76.4 cm³/mol. The van der Waals surface area contributed by atoms with Gasteiger partial charge in [-0.3, -0.25) is 0 Å². The zero-order valence-electron chi connectivity index (χ0n) is 10.8. The van der Waals surface area contributed by atoms with E-state index in [4.69, 9.17) is 0 Å². The topological polar surface area (TPSA) is 38.1 Å².